The van der Waals surface area contributed by atoms with E-state index in [4.69, 9.17) is 9.47 Å². The van der Waals surface area contributed by atoms with Gasteiger partial charge in [0.25, 0.3) is 0 Å². The zero-order valence-corrected chi connectivity index (χ0v) is 15.9. The summed E-state index contributed by atoms with van der Waals surface area (Å²) in [5, 5.41) is 3.01. The number of carbonyl (C=O) groups excluding carboxylic acids is 2. The molecule has 1 aromatic heterocycles. The van der Waals surface area contributed by atoms with Gasteiger partial charge >= 0.3 is 12.1 Å². The Hall–Kier alpha value is -2.55. The van der Waals surface area contributed by atoms with Gasteiger partial charge in [0.2, 0.25) is 0 Å². The van der Waals surface area contributed by atoms with Crippen molar-refractivity contribution in [3.8, 4) is 5.75 Å². The minimum absolute atomic E-state index is 0.0269. The van der Waals surface area contributed by atoms with Crippen molar-refractivity contribution in [2.24, 2.45) is 0 Å². The molecule has 27 heavy (non-hydrogen) atoms. The van der Waals surface area contributed by atoms with Gasteiger partial charge in [0.15, 0.2) is 0 Å². The van der Waals surface area contributed by atoms with Gasteiger partial charge in [-0.3, -0.25) is 0 Å². The van der Waals surface area contributed by atoms with Crippen LogP contribution in [0.2, 0.25) is 0 Å². The van der Waals surface area contributed by atoms with Gasteiger partial charge in [-0.25, -0.2) is 14.6 Å². The number of piperidine rings is 1. The Morgan fingerprint density at radius 2 is 2.11 bits per heavy atom. The maximum Gasteiger partial charge on any atom is 0.409 e. The van der Waals surface area contributed by atoms with E-state index in [0.29, 0.717) is 26.2 Å². The van der Waals surface area contributed by atoms with Gasteiger partial charge in [-0.05, 0) is 25.0 Å². The minimum Gasteiger partial charge on any atom is -0.484 e. The van der Waals surface area contributed by atoms with Gasteiger partial charge in [0.05, 0.1) is 30.4 Å². The number of aromatic nitrogens is 1. The third-order valence-corrected chi connectivity index (χ3v) is 5.73. The average molecular weight is 390 g/mol. The van der Waals surface area contributed by atoms with E-state index in [1.807, 2.05) is 18.2 Å². The van der Waals surface area contributed by atoms with E-state index >= 15 is 0 Å². The zero-order valence-electron chi connectivity index (χ0n) is 15.1. The van der Waals surface area contributed by atoms with Crippen LogP contribution in [0.4, 0.5) is 9.59 Å². The molecule has 1 aromatic carbocycles. The number of ether oxygens (including phenoxy) is 2. The van der Waals surface area contributed by atoms with Gasteiger partial charge in [0.1, 0.15) is 17.4 Å². The molecular weight excluding hydrogens is 368 g/mol. The number of para-hydroxylation sites is 1. The Labute approximate surface area is 161 Å². The summed E-state index contributed by atoms with van der Waals surface area (Å²) in [7, 11) is 1.37. The van der Waals surface area contributed by atoms with Crippen LogP contribution in [-0.2, 0) is 4.74 Å². The minimum atomic E-state index is -0.345. The standard InChI is InChI=1S/C18H22N4O4S/c1-25-18(24)21-7-3-4-12(8-21)20-17(23)22-9-13(10-22)26-14-5-2-6-15-16(14)19-11-27-15/h2,5-6,11-13H,3-4,7-10H2,1H3,(H,20,23). The van der Waals surface area contributed by atoms with Crippen LogP contribution in [0.15, 0.2) is 23.7 Å². The molecule has 3 heterocycles. The van der Waals surface area contributed by atoms with Crippen molar-refractivity contribution in [3.05, 3.63) is 23.7 Å². The number of hydrogen-bond acceptors (Lipinski definition) is 6. The molecule has 144 valence electrons. The third-order valence-electron chi connectivity index (χ3n) is 4.93. The van der Waals surface area contributed by atoms with Gasteiger partial charge in [0, 0.05) is 19.1 Å². The lowest BCUT2D eigenvalue weighted by Gasteiger charge is -2.40. The number of urea groups is 1. The molecule has 9 heteroatoms. The number of amides is 3. The number of fused-ring (bicyclic) bond motifs is 1. The second-order valence-corrected chi connectivity index (χ2v) is 7.69. The Bertz CT molecular complexity index is 836. The fourth-order valence-corrected chi connectivity index (χ4v) is 4.16. The largest absolute Gasteiger partial charge is 0.484 e. The van der Waals surface area contributed by atoms with E-state index in [1.165, 1.54) is 7.11 Å². The lowest BCUT2D eigenvalue weighted by atomic mass is 10.1. The van der Waals surface area contributed by atoms with Crippen LogP contribution < -0.4 is 10.1 Å². The number of carbonyl (C=O) groups is 2. The first-order valence-electron chi connectivity index (χ1n) is 9.01. The average Bonchev–Trinajstić information content (AvgIpc) is 3.13. The molecule has 0 spiro atoms. The summed E-state index contributed by atoms with van der Waals surface area (Å²) in [6.45, 7) is 2.23. The highest BCUT2D eigenvalue weighted by molar-refractivity contribution is 7.16. The predicted molar refractivity (Wildman–Crippen MR) is 101 cm³/mol. The molecule has 2 aliphatic heterocycles. The van der Waals surface area contributed by atoms with Crippen molar-refractivity contribution >= 4 is 33.7 Å². The summed E-state index contributed by atoms with van der Waals surface area (Å²) in [6, 6.07) is 5.72. The summed E-state index contributed by atoms with van der Waals surface area (Å²) in [5.41, 5.74) is 2.68. The van der Waals surface area contributed by atoms with E-state index in [0.717, 1.165) is 28.8 Å². The molecule has 0 bridgehead atoms. The molecule has 0 aliphatic carbocycles. The number of nitrogens with zero attached hydrogens (tertiary/aromatic N) is 3. The predicted octanol–water partition coefficient (Wildman–Crippen LogP) is 2.30. The van der Waals surface area contributed by atoms with Crippen molar-refractivity contribution in [2.75, 3.05) is 33.3 Å². The van der Waals surface area contributed by atoms with Crippen molar-refractivity contribution < 1.29 is 19.1 Å². The number of likely N-dealkylation sites (tertiary alicyclic amines) is 2. The van der Waals surface area contributed by atoms with Gasteiger partial charge in [-0.15, -0.1) is 11.3 Å². The van der Waals surface area contributed by atoms with Crippen LogP contribution in [0.5, 0.6) is 5.75 Å². The fourth-order valence-electron chi connectivity index (χ4n) is 3.47. The van der Waals surface area contributed by atoms with Crippen molar-refractivity contribution in [2.45, 2.75) is 25.0 Å². The van der Waals surface area contributed by atoms with E-state index in [9.17, 15) is 9.59 Å². The normalized spacial score (nSPS) is 20.3. The van der Waals surface area contributed by atoms with Crippen molar-refractivity contribution in [3.63, 3.8) is 0 Å². The molecule has 2 fully saturated rings. The summed E-state index contributed by atoms with van der Waals surface area (Å²) < 4.78 is 11.9. The quantitative estimate of drug-likeness (QED) is 0.869. The number of methoxy groups -OCH3 is 1. The highest BCUT2D eigenvalue weighted by Crippen LogP contribution is 2.29. The molecule has 1 atom stereocenters. The molecule has 1 N–H and O–H groups in total. The molecule has 3 amide bonds. The molecular formula is C18H22N4O4S. The summed E-state index contributed by atoms with van der Waals surface area (Å²) in [6.07, 6.45) is 1.34. The van der Waals surface area contributed by atoms with E-state index in [-0.39, 0.29) is 24.3 Å². The Balaban J connectivity index is 1.26. The third kappa shape index (κ3) is 3.78. The van der Waals surface area contributed by atoms with Crippen LogP contribution >= 0.6 is 11.3 Å². The maximum atomic E-state index is 12.4. The van der Waals surface area contributed by atoms with E-state index in [2.05, 4.69) is 10.3 Å². The van der Waals surface area contributed by atoms with Gasteiger partial charge in [-0.2, -0.15) is 0 Å². The lowest BCUT2D eigenvalue weighted by Crippen LogP contribution is -2.61. The molecule has 1 unspecified atom stereocenters. The second-order valence-electron chi connectivity index (χ2n) is 6.80. The molecule has 8 nitrogen and oxygen atoms in total. The topological polar surface area (TPSA) is 84.0 Å². The van der Waals surface area contributed by atoms with Gasteiger partial charge < -0.3 is 24.6 Å². The molecule has 2 aliphatic rings. The molecule has 2 saturated heterocycles. The number of benzene rings is 1. The monoisotopic (exact) mass is 390 g/mol. The summed E-state index contributed by atoms with van der Waals surface area (Å²) in [5.74, 6) is 0.764. The Morgan fingerprint density at radius 3 is 2.93 bits per heavy atom. The molecule has 2 aromatic rings. The lowest BCUT2D eigenvalue weighted by molar-refractivity contribution is 0.0427. The maximum absolute atomic E-state index is 12.4. The first-order valence-corrected chi connectivity index (χ1v) is 9.89. The number of thiazole rings is 1. The van der Waals surface area contributed by atoms with Crippen LogP contribution in [0, 0.1) is 0 Å². The second kappa shape index (κ2) is 7.59. The van der Waals surface area contributed by atoms with E-state index < -0.39 is 0 Å². The van der Waals surface area contributed by atoms with Crippen LogP contribution in [0.1, 0.15) is 12.8 Å². The zero-order chi connectivity index (χ0) is 18.8. The SMILES string of the molecule is COC(=O)N1CCCC(NC(=O)N2CC(Oc3cccc4scnc34)C2)C1. The van der Waals surface area contributed by atoms with Gasteiger partial charge in [-0.1, -0.05) is 6.07 Å². The Morgan fingerprint density at radius 1 is 1.26 bits per heavy atom. The summed E-state index contributed by atoms with van der Waals surface area (Å²) >= 11 is 1.58. The fraction of sp³-hybridized carbons (Fsp3) is 0.500. The Kier molecular flexibility index (Phi) is 5.02. The van der Waals surface area contributed by atoms with E-state index in [1.54, 1.807) is 26.6 Å². The first-order chi connectivity index (χ1) is 13.1. The molecule has 0 saturated carbocycles. The van der Waals surface area contributed by atoms with Crippen LogP contribution in [0.3, 0.4) is 0 Å². The highest BCUT2D eigenvalue weighted by Gasteiger charge is 2.34. The number of hydrogen-bond donors (Lipinski definition) is 1. The van der Waals surface area contributed by atoms with Crippen LogP contribution in [0.25, 0.3) is 10.2 Å². The molecule has 4 rings (SSSR count). The highest BCUT2D eigenvalue weighted by atomic mass is 32.1. The van der Waals surface area contributed by atoms with Crippen LogP contribution in [-0.4, -0.2) is 72.3 Å². The smallest absolute Gasteiger partial charge is 0.409 e. The van der Waals surface area contributed by atoms with Crippen molar-refractivity contribution in [1.29, 1.82) is 0 Å². The summed E-state index contributed by atoms with van der Waals surface area (Å²) in [4.78, 5) is 31.8. The number of rotatable bonds is 3. The molecule has 0 radical (unpaired) electrons. The first kappa shape index (κ1) is 17.8. The van der Waals surface area contributed by atoms with Crippen molar-refractivity contribution in [1.82, 2.24) is 20.1 Å². The number of nitrogens with one attached hydrogen (secondary N) is 1.